The molecule has 1 aromatic rings. The molecule has 0 aliphatic heterocycles. The van der Waals surface area contributed by atoms with Gasteiger partial charge in [-0.1, -0.05) is 12.1 Å². The summed E-state index contributed by atoms with van der Waals surface area (Å²) in [5.41, 5.74) is 0. The maximum absolute atomic E-state index is 13.8. The molecule has 0 unspecified atom stereocenters. The zero-order chi connectivity index (χ0) is 29.8. The number of halogens is 17. The SMILES string of the molecule is O=S(=O)(O)c1ccccc1OC(F)(F)C(F)(F)C(F)(F)C(F)(F)C(F)(F)C(F)(F)C(F)(F)C(F)=C(F)F. The number of alkyl halides is 14. The van der Waals surface area contributed by atoms with Crippen molar-refractivity contribution in [3.05, 3.63) is 36.2 Å². The summed E-state index contributed by atoms with van der Waals surface area (Å²) in [7, 11) is -5.73. The molecule has 0 saturated carbocycles. The van der Waals surface area contributed by atoms with Gasteiger partial charge in [-0.25, -0.2) is 0 Å². The highest BCUT2D eigenvalue weighted by Crippen LogP contribution is 2.63. The predicted octanol–water partition coefficient (Wildman–Crippen LogP) is 6.79. The van der Waals surface area contributed by atoms with E-state index in [1.54, 1.807) is 0 Å². The topological polar surface area (TPSA) is 63.6 Å². The van der Waals surface area contributed by atoms with Crippen LogP contribution in [0.4, 0.5) is 74.6 Å². The zero-order valence-electron chi connectivity index (χ0n) is 16.3. The summed E-state index contributed by atoms with van der Waals surface area (Å²) >= 11 is 0. The van der Waals surface area contributed by atoms with Crippen LogP contribution in [-0.2, 0) is 10.1 Å². The van der Waals surface area contributed by atoms with Gasteiger partial charge < -0.3 is 4.74 Å². The van der Waals surface area contributed by atoms with E-state index >= 15 is 0 Å². The molecule has 0 spiro atoms. The van der Waals surface area contributed by atoms with Gasteiger partial charge in [0.25, 0.3) is 10.1 Å². The molecule has 37 heavy (non-hydrogen) atoms. The van der Waals surface area contributed by atoms with Crippen LogP contribution in [0.3, 0.4) is 0 Å². The highest BCUT2D eigenvalue weighted by Gasteiger charge is 2.94. The Morgan fingerprint density at radius 3 is 1.43 bits per heavy atom. The molecule has 4 nitrogen and oxygen atoms in total. The lowest BCUT2D eigenvalue weighted by Gasteiger charge is -2.41. The van der Waals surface area contributed by atoms with Crippen LogP contribution in [-0.4, -0.2) is 54.6 Å². The Bertz CT molecular complexity index is 1150. The van der Waals surface area contributed by atoms with Crippen molar-refractivity contribution in [2.24, 2.45) is 0 Å². The first-order valence-corrected chi connectivity index (χ1v) is 9.61. The molecule has 0 amide bonds. The van der Waals surface area contributed by atoms with Crippen molar-refractivity contribution >= 4 is 10.1 Å². The third-order valence-electron chi connectivity index (χ3n) is 4.14. The largest absolute Gasteiger partial charge is 0.471 e. The Morgan fingerprint density at radius 2 is 1.03 bits per heavy atom. The number of para-hydroxylation sites is 1. The third kappa shape index (κ3) is 4.76. The first kappa shape index (κ1) is 32.5. The monoisotopic (exact) mass is 604 g/mol. The number of benzene rings is 1. The predicted molar refractivity (Wildman–Crippen MR) is 81.9 cm³/mol. The van der Waals surface area contributed by atoms with Gasteiger partial charge in [0.2, 0.25) is 5.83 Å². The van der Waals surface area contributed by atoms with Gasteiger partial charge in [-0.05, 0) is 12.1 Å². The molecule has 0 saturated heterocycles. The molecule has 1 aromatic carbocycles. The van der Waals surface area contributed by atoms with E-state index in [0.717, 1.165) is 0 Å². The standard InChI is InChI=1S/C15H5F17O4S/c16-7(8(17)18)9(19,20)10(21,22)11(23,24)12(25,26)13(27,28)14(29,30)15(31,32)36-5-3-1-2-4-6(5)37(33,34)35/h1-4H,(H,33,34,35). The van der Waals surface area contributed by atoms with Crippen molar-refractivity contribution in [3.8, 4) is 5.75 Å². The van der Waals surface area contributed by atoms with Gasteiger partial charge in [-0.3, -0.25) is 4.55 Å². The Morgan fingerprint density at radius 1 is 0.649 bits per heavy atom. The van der Waals surface area contributed by atoms with Gasteiger partial charge in [0, 0.05) is 0 Å². The Labute approximate surface area is 192 Å². The van der Waals surface area contributed by atoms with E-state index in [2.05, 4.69) is 4.74 Å². The minimum absolute atomic E-state index is 0.0640. The number of hydrogen-bond donors (Lipinski definition) is 1. The summed E-state index contributed by atoms with van der Waals surface area (Å²) < 4.78 is 260. The van der Waals surface area contributed by atoms with Crippen LogP contribution >= 0.6 is 0 Å². The number of ether oxygens (including phenoxy) is 1. The molecule has 0 bridgehead atoms. The van der Waals surface area contributed by atoms with E-state index in [4.69, 9.17) is 4.55 Å². The summed E-state index contributed by atoms with van der Waals surface area (Å²) in [5.74, 6) is -57.5. The molecule has 0 aliphatic rings. The van der Waals surface area contributed by atoms with Crippen molar-refractivity contribution in [1.82, 2.24) is 0 Å². The highest BCUT2D eigenvalue weighted by atomic mass is 32.2. The van der Waals surface area contributed by atoms with Crippen LogP contribution in [0.2, 0.25) is 0 Å². The summed E-state index contributed by atoms with van der Waals surface area (Å²) in [6.45, 7) is 0. The molecular weight excluding hydrogens is 599 g/mol. The molecule has 0 fully saturated rings. The molecule has 0 aromatic heterocycles. The van der Waals surface area contributed by atoms with Gasteiger partial charge in [0.15, 0.2) is 0 Å². The lowest BCUT2D eigenvalue weighted by atomic mass is 9.90. The van der Waals surface area contributed by atoms with Crippen LogP contribution in [0.25, 0.3) is 0 Å². The quantitative estimate of drug-likeness (QED) is 0.236. The van der Waals surface area contributed by atoms with E-state index in [0.29, 0.717) is 12.1 Å². The smallest absolute Gasteiger partial charge is 0.426 e. The Hall–Kier alpha value is -2.52. The molecular formula is C15H5F17O4S. The van der Waals surface area contributed by atoms with Gasteiger partial charge in [0.05, 0.1) is 0 Å². The Kier molecular flexibility index (Phi) is 7.95. The number of hydrogen-bond acceptors (Lipinski definition) is 3. The van der Waals surface area contributed by atoms with Crippen molar-refractivity contribution in [2.45, 2.75) is 46.5 Å². The van der Waals surface area contributed by atoms with Crippen molar-refractivity contribution in [1.29, 1.82) is 0 Å². The highest BCUT2D eigenvalue weighted by molar-refractivity contribution is 7.86. The van der Waals surface area contributed by atoms with Crippen LogP contribution in [0.15, 0.2) is 41.1 Å². The summed E-state index contributed by atoms with van der Waals surface area (Å²) in [6.07, 6.45) is -11.9. The second-order valence-electron chi connectivity index (χ2n) is 6.56. The van der Waals surface area contributed by atoms with Crippen LogP contribution in [0, 0.1) is 0 Å². The molecule has 0 atom stereocenters. The molecule has 0 aliphatic carbocycles. The van der Waals surface area contributed by atoms with Gasteiger partial charge in [0.1, 0.15) is 10.6 Å². The summed E-state index contributed by atoms with van der Waals surface area (Å²) in [6, 6.07) is 0.904. The lowest BCUT2D eigenvalue weighted by molar-refractivity contribution is -0.456. The first-order valence-electron chi connectivity index (χ1n) is 8.17. The van der Waals surface area contributed by atoms with E-state index in [1.165, 1.54) is 0 Å². The fraction of sp³-hybridized carbons (Fsp3) is 0.467. The first-order chi connectivity index (χ1) is 16.1. The van der Waals surface area contributed by atoms with E-state index in [1.807, 2.05) is 0 Å². The number of rotatable bonds is 10. The molecule has 0 heterocycles. The molecule has 0 radical (unpaired) electrons. The minimum atomic E-state index is -8.74. The second kappa shape index (κ2) is 9.05. The van der Waals surface area contributed by atoms with Crippen molar-refractivity contribution < 1.29 is 92.3 Å². The van der Waals surface area contributed by atoms with Crippen LogP contribution < -0.4 is 4.74 Å². The molecule has 22 heteroatoms. The maximum Gasteiger partial charge on any atom is 0.471 e. The van der Waals surface area contributed by atoms with E-state index in [9.17, 15) is 83.1 Å². The second-order valence-corrected chi connectivity index (χ2v) is 7.95. The normalized spacial score (nSPS) is 15.0. The summed E-state index contributed by atoms with van der Waals surface area (Å²) in [5, 5.41) is 0. The van der Waals surface area contributed by atoms with Crippen molar-refractivity contribution in [3.63, 3.8) is 0 Å². The lowest BCUT2D eigenvalue weighted by Crippen LogP contribution is -2.73. The van der Waals surface area contributed by atoms with Crippen LogP contribution in [0.1, 0.15) is 0 Å². The number of allylic oxidation sites excluding steroid dienone is 1. The van der Waals surface area contributed by atoms with E-state index in [-0.39, 0.29) is 12.1 Å². The minimum Gasteiger partial charge on any atom is -0.426 e. The molecule has 1 rings (SSSR count). The average molecular weight is 604 g/mol. The zero-order valence-corrected chi connectivity index (χ0v) is 17.1. The molecule has 214 valence electrons. The third-order valence-corrected chi connectivity index (χ3v) is 5.04. The molecule has 1 N–H and O–H groups in total. The van der Waals surface area contributed by atoms with Crippen molar-refractivity contribution in [2.75, 3.05) is 0 Å². The maximum atomic E-state index is 13.8. The van der Waals surface area contributed by atoms with Crippen LogP contribution in [0.5, 0.6) is 5.75 Å². The van der Waals surface area contributed by atoms with E-state index < -0.39 is 74.3 Å². The van der Waals surface area contributed by atoms with Gasteiger partial charge in [-0.2, -0.15) is 83.1 Å². The summed E-state index contributed by atoms with van der Waals surface area (Å²) in [4.78, 5) is -1.94. The fourth-order valence-corrected chi connectivity index (χ4v) is 2.79. The fourth-order valence-electron chi connectivity index (χ4n) is 2.18. The Balaban J connectivity index is 3.72. The van der Waals surface area contributed by atoms with Gasteiger partial charge in [-0.15, -0.1) is 0 Å². The van der Waals surface area contributed by atoms with Gasteiger partial charge >= 0.3 is 47.7 Å². The average Bonchev–Trinajstić information content (AvgIpc) is 2.71.